The molecule has 8 nitrogen and oxygen atoms in total. The SMILES string of the molecule is CSSC1(O)SSC(N[C@@H](CCCCNC(=O)CCCCCCCCCCCCCCC(=O)O)C(=O)O)SS1. The van der Waals surface area contributed by atoms with Gasteiger partial charge in [-0.05, 0) is 70.7 Å². The predicted octanol–water partition coefficient (Wildman–Crippen LogP) is 7.54. The molecular weight excluding hydrogens is 617 g/mol. The van der Waals surface area contributed by atoms with Crippen LogP contribution in [0.3, 0.4) is 0 Å². The molecule has 0 aromatic heterocycles. The van der Waals surface area contributed by atoms with Crippen LogP contribution in [0.2, 0.25) is 0 Å². The first-order valence-corrected chi connectivity index (χ1v) is 20.8. The average molecular weight is 663 g/mol. The first-order valence-electron chi connectivity index (χ1n) is 13.9. The van der Waals surface area contributed by atoms with Crippen LogP contribution in [0.15, 0.2) is 0 Å². The number of hydrogen-bond acceptors (Lipinski definition) is 11. The van der Waals surface area contributed by atoms with Gasteiger partial charge in [0.25, 0.3) is 0 Å². The van der Waals surface area contributed by atoms with Crippen LogP contribution in [-0.4, -0.2) is 60.3 Å². The fraction of sp³-hybridized carbons (Fsp3) is 0.880. The van der Waals surface area contributed by atoms with Crippen LogP contribution in [0.1, 0.15) is 109 Å². The number of carbonyl (C=O) groups excluding carboxylic acids is 1. The number of hydrogen-bond donors (Lipinski definition) is 5. The molecule has 0 aliphatic carbocycles. The van der Waals surface area contributed by atoms with E-state index in [0.717, 1.165) is 44.9 Å². The van der Waals surface area contributed by atoms with Crippen molar-refractivity contribution in [3.8, 4) is 0 Å². The van der Waals surface area contributed by atoms with Crippen molar-refractivity contribution in [2.24, 2.45) is 0 Å². The molecule has 0 radical (unpaired) electrons. The molecule has 5 N–H and O–H groups in total. The maximum absolute atomic E-state index is 12.1. The molecule has 0 aromatic rings. The largest absolute Gasteiger partial charge is 0.481 e. The monoisotopic (exact) mass is 662 g/mol. The molecule has 1 rings (SSSR count). The molecule has 0 bridgehead atoms. The van der Waals surface area contributed by atoms with Gasteiger partial charge in [-0.3, -0.25) is 19.7 Å². The van der Waals surface area contributed by atoms with Crippen molar-refractivity contribution in [3.05, 3.63) is 0 Å². The van der Waals surface area contributed by atoms with Gasteiger partial charge in [0.1, 0.15) is 10.7 Å². The molecule has 228 valence electrons. The van der Waals surface area contributed by atoms with E-state index in [9.17, 15) is 24.6 Å². The first-order chi connectivity index (χ1) is 18.8. The van der Waals surface area contributed by atoms with E-state index in [1.165, 1.54) is 103 Å². The van der Waals surface area contributed by atoms with Gasteiger partial charge in [-0.25, -0.2) is 0 Å². The van der Waals surface area contributed by atoms with Crippen LogP contribution in [0.5, 0.6) is 0 Å². The van der Waals surface area contributed by atoms with Crippen molar-refractivity contribution in [1.29, 1.82) is 0 Å². The third-order valence-electron chi connectivity index (χ3n) is 6.09. The molecule has 1 fully saturated rings. The molecule has 1 aliphatic heterocycles. The van der Waals surface area contributed by atoms with Gasteiger partial charge in [0.2, 0.25) is 9.50 Å². The van der Waals surface area contributed by atoms with Crippen LogP contribution < -0.4 is 10.6 Å². The molecule has 1 heterocycles. The molecule has 1 amide bonds. The summed E-state index contributed by atoms with van der Waals surface area (Å²) in [5, 5.41) is 34.7. The summed E-state index contributed by atoms with van der Waals surface area (Å²) in [5.41, 5.74) is 0. The average Bonchev–Trinajstić information content (AvgIpc) is 2.89. The Morgan fingerprint density at radius 2 is 1.31 bits per heavy atom. The van der Waals surface area contributed by atoms with Crippen molar-refractivity contribution in [2.45, 2.75) is 123 Å². The third-order valence-corrected chi connectivity index (χ3v) is 16.8. The van der Waals surface area contributed by atoms with Crippen LogP contribution in [-0.2, 0) is 14.4 Å². The van der Waals surface area contributed by atoms with Crippen LogP contribution in [0.25, 0.3) is 0 Å². The molecule has 0 aromatic carbocycles. The predicted molar refractivity (Wildman–Crippen MR) is 174 cm³/mol. The van der Waals surface area contributed by atoms with Crippen LogP contribution in [0.4, 0.5) is 0 Å². The zero-order valence-corrected chi connectivity index (χ0v) is 27.8. The molecule has 14 heteroatoms. The standard InChI is InChI=1S/C25H46N2O6S6/c1-34-37-25(33)38-35-24(36-39-25)27-20(23(31)32)16-14-15-19-26-21(28)17-12-10-8-6-4-2-3-5-7-9-11-13-18-22(29)30/h20,24,27,33H,2-19H2,1H3,(H,26,28)(H,29,30)(H,31,32)/t20-,24?,25?/m0/s1. The lowest BCUT2D eigenvalue weighted by molar-refractivity contribution is -0.140. The number of unbranched alkanes of at least 4 members (excludes halogenated alkanes) is 12. The number of carbonyl (C=O) groups is 3. The van der Waals surface area contributed by atoms with Gasteiger partial charge >= 0.3 is 11.9 Å². The lowest BCUT2D eigenvalue weighted by Crippen LogP contribution is -2.41. The van der Waals surface area contributed by atoms with Gasteiger partial charge in [-0.1, -0.05) is 96.6 Å². The molecule has 1 aliphatic rings. The number of carboxylic acids is 2. The maximum atomic E-state index is 12.1. The Kier molecular flexibility index (Phi) is 23.0. The number of carboxylic acid groups (broad SMARTS) is 2. The normalized spacial score (nSPS) is 20.0. The Morgan fingerprint density at radius 1 is 0.795 bits per heavy atom. The molecule has 0 spiro atoms. The van der Waals surface area contributed by atoms with Crippen molar-refractivity contribution in [2.75, 3.05) is 12.8 Å². The fourth-order valence-electron chi connectivity index (χ4n) is 3.99. The zero-order valence-electron chi connectivity index (χ0n) is 22.9. The van der Waals surface area contributed by atoms with E-state index < -0.39 is 21.6 Å². The highest BCUT2D eigenvalue weighted by Crippen LogP contribution is 2.64. The number of rotatable bonds is 25. The first kappa shape index (κ1) is 37.5. The molecule has 0 saturated carbocycles. The fourth-order valence-corrected chi connectivity index (χ4v) is 15.2. The van der Waals surface area contributed by atoms with Gasteiger partial charge in [-0.15, -0.1) is 0 Å². The molecule has 1 saturated heterocycles. The Bertz CT molecular complexity index is 685. The van der Waals surface area contributed by atoms with E-state index in [1.54, 1.807) is 0 Å². The van der Waals surface area contributed by atoms with E-state index >= 15 is 0 Å². The summed E-state index contributed by atoms with van der Waals surface area (Å²) in [5.74, 6) is -1.50. The van der Waals surface area contributed by atoms with E-state index in [0.29, 0.717) is 32.2 Å². The van der Waals surface area contributed by atoms with Crippen molar-refractivity contribution in [1.82, 2.24) is 10.6 Å². The van der Waals surface area contributed by atoms with Gasteiger partial charge in [0.05, 0.1) is 0 Å². The highest BCUT2D eigenvalue weighted by Gasteiger charge is 2.38. The smallest absolute Gasteiger partial charge is 0.320 e. The van der Waals surface area contributed by atoms with Gasteiger partial charge in [-0.2, -0.15) is 0 Å². The van der Waals surface area contributed by atoms with Crippen LogP contribution in [0, 0.1) is 0 Å². The summed E-state index contributed by atoms with van der Waals surface area (Å²) in [7, 11) is 8.48. The van der Waals surface area contributed by atoms with E-state index in [-0.39, 0.29) is 10.6 Å². The Morgan fingerprint density at radius 3 is 1.79 bits per heavy atom. The highest BCUT2D eigenvalue weighted by molar-refractivity contribution is 8.99. The van der Waals surface area contributed by atoms with Gasteiger partial charge in [0, 0.05) is 19.4 Å². The molecule has 0 unspecified atom stereocenters. The second-order valence-electron chi connectivity index (χ2n) is 9.50. The number of amides is 1. The second kappa shape index (κ2) is 23.9. The molecular formula is C25H46N2O6S6. The summed E-state index contributed by atoms with van der Waals surface area (Å²) in [6.45, 7) is 0.572. The Labute approximate surface area is 257 Å². The quantitative estimate of drug-likeness (QED) is 0.0374. The minimum atomic E-state index is -0.933. The lowest BCUT2D eigenvalue weighted by atomic mass is 10.0. The molecule has 39 heavy (non-hydrogen) atoms. The van der Waals surface area contributed by atoms with Crippen molar-refractivity contribution >= 4 is 82.6 Å². The number of nitrogens with one attached hydrogen (secondary N) is 2. The van der Waals surface area contributed by atoms with Crippen molar-refractivity contribution in [3.63, 3.8) is 0 Å². The van der Waals surface area contributed by atoms with Crippen LogP contribution >= 0.6 is 64.8 Å². The van der Waals surface area contributed by atoms with Gasteiger partial charge in [0.15, 0.2) is 0 Å². The molecule has 1 atom stereocenters. The Balaban J connectivity index is 1.94. The summed E-state index contributed by atoms with van der Waals surface area (Å²) in [4.78, 5) is 34.2. The summed E-state index contributed by atoms with van der Waals surface area (Å²) in [6.07, 6.45) is 18.2. The van der Waals surface area contributed by atoms with E-state index in [1.807, 2.05) is 6.26 Å². The highest BCUT2D eigenvalue weighted by atomic mass is 33.2. The number of aliphatic carboxylic acids is 2. The maximum Gasteiger partial charge on any atom is 0.320 e. The van der Waals surface area contributed by atoms with Crippen molar-refractivity contribution < 1.29 is 29.7 Å². The number of aliphatic hydroxyl groups is 1. The zero-order chi connectivity index (χ0) is 28.8. The lowest BCUT2D eigenvalue weighted by Gasteiger charge is -2.32. The minimum Gasteiger partial charge on any atom is -0.481 e. The van der Waals surface area contributed by atoms with E-state index in [4.69, 9.17) is 5.11 Å². The minimum absolute atomic E-state index is 0.0749. The topological polar surface area (TPSA) is 136 Å². The van der Waals surface area contributed by atoms with Gasteiger partial charge < -0.3 is 20.6 Å². The van der Waals surface area contributed by atoms with E-state index in [2.05, 4.69) is 10.6 Å². The summed E-state index contributed by atoms with van der Waals surface area (Å²) < 4.78 is -1.05. The Hall–Kier alpha value is 0.430. The summed E-state index contributed by atoms with van der Waals surface area (Å²) in [6, 6.07) is -0.651. The second-order valence-corrected chi connectivity index (χ2v) is 18.2. The summed E-state index contributed by atoms with van der Waals surface area (Å²) >= 11 is 0. The third kappa shape index (κ3) is 20.9.